The molecule has 0 amide bonds. The fourth-order valence-electron chi connectivity index (χ4n) is 3.37. The molecule has 0 saturated carbocycles. The molecule has 5 nitrogen and oxygen atoms in total. The average Bonchev–Trinajstić information content (AvgIpc) is 3.03. The van der Waals surface area contributed by atoms with Crippen LogP contribution in [0, 0.1) is 0 Å². The lowest BCUT2D eigenvalue weighted by atomic mass is 10.1. The molecule has 3 N–H and O–H groups in total. The Kier molecular flexibility index (Phi) is 4.38. The van der Waals surface area contributed by atoms with Crippen LogP contribution in [-0.2, 0) is 16.6 Å². The number of hydrogen-bond acceptors (Lipinski definition) is 4. The van der Waals surface area contributed by atoms with E-state index < -0.39 is 10.0 Å². The molecule has 7 heteroatoms. The number of rotatable bonds is 4. The van der Waals surface area contributed by atoms with Gasteiger partial charge in [-0.1, -0.05) is 6.07 Å². The highest BCUT2D eigenvalue weighted by Crippen LogP contribution is 2.30. The zero-order valence-corrected chi connectivity index (χ0v) is 14.2. The molecule has 0 spiro atoms. The second-order valence-electron chi connectivity index (χ2n) is 5.73. The zero-order chi connectivity index (χ0) is 15.0. The van der Waals surface area contributed by atoms with Gasteiger partial charge in [0, 0.05) is 29.6 Å². The summed E-state index contributed by atoms with van der Waals surface area (Å²) in [4.78, 5) is 2.68. The minimum atomic E-state index is -3.50. The lowest BCUT2D eigenvalue weighted by Crippen LogP contribution is -2.42. The summed E-state index contributed by atoms with van der Waals surface area (Å²) in [6.07, 6.45) is 3.14. The van der Waals surface area contributed by atoms with Gasteiger partial charge in [0.1, 0.15) is 0 Å². The molecule has 2 heterocycles. The van der Waals surface area contributed by atoms with Gasteiger partial charge in [0.2, 0.25) is 10.0 Å². The van der Waals surface area contributed by atoms with Gasteiger partial charge >= 0.3 is 0 Å². The van der Waals surface area contributed by atoms with Crippen LogP contribution >= 0.6 is 15.9 Å². The molecule has 2 fully saturated rings. The molecule has 1 aromatic carbocycles. The Hall–Kier alpha value is -0.470. The van der Waals surface area contributed by atoms with Crippen molar-refractivity contribution >= 4 is 26.0 Å². The highest BCUT2D eigenvalue weighted by molar-refractivity contribution is 9.10. The third-order valence-electron chi connectivity index (χ3n) is 4.43. The fourth-order valence-corrected chi connectivity index (χ4v) is 5.80. The van der Waals surface area contributed by atoms with Crippen LogP contribution in [0.1, 0.15) is 24.8 Å². The Morgan fingerprint density at radius 2 is 2.14 bits per heavy atom. The van der Waals surface area contributed by atoms with Gasteiger partial charge in [-0.25, -0.2) is 13.1 Å². The topological polar surface area (TPSA) is 75.4 Å². The Labute approximate surface area is 134 Å². The minimum absolute atomic E-state index is 0.0265. The molecule has 2 aliphatic heterocycles. The summed E-state index contributed by atoms with van der Waals surface area (Å²) in [6, 6.07) is 5.54. The number of sulfonamides is 1. The van der Waals surface area contributed by atoms with Crippen LogP contribution in [0.25, 0.3) is 0 Å². The summed E-state index contributed by atoms with van der Waals surface area (Å²) in [6.45, 7) is 2.48. The minimum Gasteiger partial charge on any atom is -0.326 e. The van der Waals surface area contributed by atoms with Crippen LogP contribution in [0.4, 0.5) is 0 Å². The van der Waals surface area contributed by atoms with E-state index in [0.717, 1.165) is 37.9 Å². The van der Waals surface area contributed by atoms with Gasteiger partial charge in [0.05, 0.1) is 4.90 Å². The number of fused-ring (bicyclic) bond motifs is 1. The van der Waals surface area contributed by atoms with Crippen molar-refractivity contribution in [2.75, 3.05) is 13.1 Å². The molecule has 0 bridgehead atoms. The summed E-state index contributed by atoms with van der Waals surface area (Å²) in [7, 11) is -3.50. The number of halogens is 1. The first kappa shape index (κ1) is 15.4. The van der Waals surface area contributed by atoms with E-state index in [-0.39, 0.29) is 10.9 Å². The van der Waals surface area contributed by atoms with Crippen molar-refractivity contribution in [2.24, 2.45) is 5.73 Å². The predicted molar refractivity (Wildman–Crippen MR) is 85.4 cm³/mol. The predicted octanol–water partition coefficient (Wildman–Crippen LogP) is 1.42. The van der Waals surface area contributed by atoms with Crippen molar-refractivity contribution in [3.63, 3.8) is 0 Å². The van der Waals surface area contributed by atoms with E-state index in [1.54, 1.807) is 18.2 Å². The molecule has 2 aliphatic rings. The molecule has 2 unspecified atom stereocenters. The molecule has 2 saturated heterocycles. The maximum Gasteiger partial charge on any atom is 0.241 e. The number of benzene rings is 1. The lowest BCUT2D eigenvalue weighted by molar-refractivity contribution is 0.309. The second-order valence-corrected chi connectivity index (χ2v) is 8.27. The molecule has 0 radical (unpaired) electrons. The molecule has 0 aliphatic carbocycles. The molecule has 2 atom stereocenters. The first-order valence-corrected chi connectivity index (χ1v) is 9.54. The molecule has 21 heavy (non-hydrogen) atoms. The van der Waals surface area contributed by atoms with Crippen LogP contribution in [0.2, 0.25) is 0 Å². The SMILES string of the molecule is NCc1ccc(S(=O)(=O)NC2CCN3CCCC23)c(Br)c1. The third-order valence-corrected chi connectivity index (χ3v) is 6.90. The Balaban J connectivity index is 1.81. The smallest absolute Gasteiger partial charge is 0.241 e. The van der Waals surface area contributed by atoms with E-state index in [0.29, 0.717) is 17.1 Å². The van der Waals surface area contributed by atoms with Gasteiger partial charge in [-0.2, -0.15) is 0 Å². The monoisotopic (exact) mass is 373 g/mol. The van der Waals surface area contributed by atoms with Crippen LogP contribution in [0.3, 0.4) is 0 Å². The van der Waals surface area contributed by atoms with Gasteiger partial charge in [-0.3, -0.25) is 4.90 Å². The van der Waals surface area contributed by atoms with Gasteiger partial charge in [-0.05, 0) is 59.4 Å². The van der Waals surface area contributed by atoms with E-state index in [1.165, 1.54) is 0 Å². The van der Waals surface area contributed by atoms with E-state index in [1.807, 2.05) is 0 Å². The van der Waals surface area contributed by atoms with Crippen molar-refractivity contribution in [1.82, 2.24) is 9.62 Å². The van der Waals surface area contributed by atoms with Crippen LogP contribution in [-0.4, -0.2) is 38.5 Å². The molecule has 3 rings (SSSR count). The van der Waals surface area contributed by atoms with Gasteiger partial charge in [0.25, 0.3) is 0 Å². The second kappa shape index (κ2) is 5.96. The van der Waals surface area contributed by atoms with Crippen molar-refractivity contribution in [3.05, 3.63) is 28.2 Å². The van der Waals surface area contributed by atoms with Crippen molar-refractivity contribution in [1.29, 1.82) is 0 Å². The number of nitrogens with zero attached hydrogens (tertiary/aromatic N) is 1. The Morgan fingerprint density at radius 3 is 2.86 bits per heavy atom. The van der Waals surface area contributed by atoms with E-state index in [2.05, 4.69) is 25.6 Å². The molecule has 116 valence electrons. The van der Waals surface area contributed by atoms with Gasteiger partial charge < -0.3 is 5.73 Å². The summed E-state index contributed by atoms with van der Waals surface area (Å²) in [5, 5.41) is 0. The first-order chi connectivity index (χ1) is 10.0. The molecular formula is C14H20BrN3O2S. The maximum absolute atomic E-state index is 12.6. The highest BCUT2D eigenvalue weighted by atomic mass is 79.9. The summed E-state index contributed by atoms with van der Waals surface area (Å²) in [5.41, 5.74) is 6.48. The van der Waals surface area contributed by atoms with E-state index in [4.69, 9.17) is 5.73 Å². The normalized spacial score (nSPS) is 26.2. The number of nitrogens with one attached hydrogen (secondary N) is 1. The van der Waals surface area contributed by atoms with Crippen molar-refractivity contribution in [2.45, 2.75) is 42.8 Å². The largest absolute Gasteiger partial charge is 0.326 e. The quantitative estimate of drug-likeness (QED) is 0.836. The molecule has 0 aromatic heterocycles. The standard InChI is InChI=1S/C14H20BrN3O2S/c15-11-8-10(9-16)3-4-14(11)21(19,20)17-12-5-7-18-6-1-2-13(12)18/h3-4,8,12-13,17H,1-2,5-7,9,16H2. The maximum atomic E-state index is 12.6. The van der Waals surface area contributed by atoms with Crippen LogP contribution in [0.15, 0.2) is 27.6 Å². The average molecular weight is 374 g/mol. The summed E-state index contributed by atoms with van der Waals surface area (Å²) in [5.74, 6) is 0. The van der Waals surface area contributed by atoms with Crippen LogP contribution < -0.4 is 10.5 Å². The van der Waals surface area contributed by atoms with Gasteiger partial charge in [-0.15, -0.1) is 0 Å². The molecular weight excluding hydrogens is 354 g/mol. The van der Waals surface area contributed by atoms with E-state index in [9.17, 15) is 8.42 Å². The van der Waals surface area contributed by atoms with Crippen LogP contribution in [0.5, 0.6) is 0 Å². The molecule has 1 aromatic rings. The highest BCUT2D eigenvalue weighted by Gasteiger charge is 2.39. The third kappa shape index (κ3) is 3.03. The number of hydrogen-bond donors (Lipinski definition) is 2. The number of nitrogens with two attached hydrogens (primary N) is 1. The van der Waals surface area contributed by atoms with E-state index >= 15 is 0 Å². The van der Waals surface area contributed by atoms with Crippen molar-refractivity contribution < 1.29 is 8.42 Å². The Bertz CT molecular complexity index is 635. The summed E-state index contributed by atoms with van der Waals surface area (Å²) >= 11 is 3.34. The fraction of sp³-hybridized carbons (Fsp3) is 0.571. The lowest BCUT2D eigenvalue weighted by Gasteiger charge is -2.21. The zero-order valence-electron chi connectivity index (χ0n) is 11.8. The van der Waals surface area contributed by atoms with Gasteiger partial charge in [0.15, 0.2) is 0 Å². The summed E-state index contributed by atoms with van der Waals surface area (Å²) < 4.78 is 28.7. The Morgan fingerprint density at radius 1 is 1.33 bits per heavy atom. The van der Waals surface area contributed by atoms with Crippen molar-refractivity contribution in [3.8, 4) is 0 Å². The first-order valence-electron chi connectivity index (χ1n) is 7.26.